The number of hydrogen-bond donors (Lipinski definition) is 0. The number of rotatable bonds is 8. The quantitative estimate of drug-likeness (QED) is 0.0256. The first kappa shape index (κ1) is 34.1. The first-order chi connectivity index (χ1) is 22.2. The Bertz CT molecular complexity index is 1990. The van der Waals surface area contributed by atoms with Gasteiger partial charge in [0.05, 0.1) is 52.3 Å². The van der Waals surface area contributed by atoms with Gasteiger partial charge in [-0.1, -0.05) is 69.6 Å². The van der Waals surface area contributed by atoms with Crippen LogP contribution in [0.3, 0.4) is 0 Å². The van der Waals surface area contributed by atoms with Gasteiger partial charge in [-0.3, -0.25) is 29.3 Å². The number of fused-ring (bicyclic) bond motifs is 1. The van der Waals surface area contributed by atoms with Crippen LogP contribution in [0.4, 0.5) is 5.69 Å². The highest BCUT2D eigenvalue weighted by atomic mass is 35.5. The number of esters is 1. The van der Waals surface area contributed by atoms with E-state index in [-0.39, 0.29) is 58.3 Å². The molecule has 0 atom stereocenters. The second-order valence-electron chi connectivity index (χ2n) is 9.56. The summed E-state index contributed by atoms with van der Waals surface area (Å²) in [5, 5.41) is 10.5. The van der Waals surface area contributed by atoms with Crippen molar-refractivity contribution in [1.29, 1.82) is 0 Å². The molecule has 0 N–H and O–H groups in total. The normalized spacial score (nSPS) is 12.2. The number of ketones is 1. The maximum atomic E-state index is 13.8. The van der Waals surface area contributed by atoms with Crippen LogP contribution in [0.25, 0.3) is 0 Å². The summed E-state index contributed by atoms with van der Waals surface area (Å²) in [6.45, 7) is -0.873. The third-order valence-corrected chi connectivity index (χ3v) is 9.06. The van der Waals surface area contributed by atoms with E-state index in [0.29, 0.717) is 10.0 Å². The van der Waals surface area contributed by atoms with E-state index in [1.165, 1.54) is 54.6 Å². The zero-order valence-corrected chi connectivity index (χ0v) is 27.5. The summed E-state index contributed by atoms with van der Waals surface area (Å²) in [5.41, 5.74) is -1.25. The lowest BCUT2D eigenvalue weighted by Crippen LogP contribution is -2.51. The van der Waals surface area contributed by atoms with Crippen LogP contribution >= 0.6 is 69.6 Å². The summed E-state index contributed by atoms with van der Waals surface area (Å²) >= 11 is 36.9. The Morgan fingerprint density at radius 1 is 0.745 bits per heavy atom. The number of hydrogen-bond acceptors (Lipinski definition) is 8. The summed E-state index contributed by atoms with van der Waals surface area (Å²) in [5.74, 6) is -4.83. The molecule has 4 aromatic carbocycles. The number of benzene rings is 4. The van der Waals surface area contributed by atoms with Crippen LogP contribution in [0.1, 0.15) is 51.8 Å². The van der Waals surface area contributed by atoms with Gasteiger partial charge in [0.25, 0.3) is 23.4 Å². The molecule has 0 radical (unpaired) electrons. The van der Waals surface area contributed by atoms with Crippen LogP contribution in [0.5, 0.6) is 5.75 Å². The van der Waals surface area contributed by atoms with Crippen molar-refractivity contribution in [3.8, 4) is 5.75 Å². The molecule has 11 nitrogen and oxygen atoms in total. The number of Topliss-reactive ketones (excluding diaryl/α,β-unsaturated/α-hetero) is 1. The Morgan fingerprint density at radius 2 is 1.28 bits per heavy atom. The molecule has 0 unspecified atom stereocenters. The molecule has 0 aromatic heterocycles. The average molecular weight is 756 g/mol. The number of nitro benzene ring substituents is 1. The summed E-state index contributed by atoms with van der Waals surface area (Å²) in [6.07, 6.45) is 0. The standard InChI is InChI=1S/C30H13Cl6N3O8/c31-15-5-10-18(19(32)11-15)27(41)37(38-28(42)21-22(29(38)43)24(34)26(36)25(35)23(21)33)12-20(40)13-3-8-17(9-4-13)47-30(44)14-1-6-16(7-2-14)39(45)46/h1-11H,12H2. The van der Waals surface area contributed by atoms with E-state index in [1.54, 1.807) is 0 Å². The Labute approximate surface area is 294 Å². The van der Waals surface area contributed by atoms with Crippen LogP contribution in [0, 0.1) is 10.1 Å². The maximum Gasteiger partial charge on any atom is 0.343 e. The van der Waals surface area contributed by atoms with Gasteiger partial charge in [-0.25, -0.2) is 9.80 Å². The van der Waals surface area contributed by atoms with Crippen molar-refractivity contribution in [1.82, 2.24) is 10.0 Å². The zero-order valence-electron chi connectivity index (χ0n) is 22.9. The van der Waals surface area contributed by atoms with Gasteiger partial charge in [0.15, 0.2) is 5.78 Å². The van der Waals surface area contributed by atoms with Crippen LogP contribution < -0.4 is 4.74 Å². The summed E-state index contributed by atoms with van der Waals surface area (Å²) in [7, 11) is 0. The predicted octanol–water partition coefficient (Wildman–Crippen LogP) is 8.27. The van der Waals surface area contributed by atoms with E-state index in [1.807, 2.05) is 0 Å². The van der Waals surface area contributed by atoms with Crippen LogP contribution in [-0.4, -0.2) is 51.0 Å². The van der Waals surface area contributed by atoms with Crippen molar-refractivity contribution in [2.24, 2.45) is 0 Å². The number of non-ortho nitro benzene ring substituents is 1. The number of nitro groups is 1. The molecule has 1 aliphatic heterocycles. The number of halogens is 6. The lowest BCUT2D eigenvalue weighted by atomic mass is 10.1. The molecule has 1 aliphatic rings. The van der Waals surface area contributed by atoms with Gasteiger partial charge >= 0.3 is 5.97 Å². The molecule has 0 saturated heterocycles. The highest BCUT2D eigenvalue weighted by molar-refractivity contribution is 6.55. The molecule has 0 fully saturated rings. The fourth-order valence-electron chi connectivity index (χ4n) is 4.41. The molecule has 0 saturated carbocycles. The molecule has 238 valence electrons. The highest BCUT2D eigenvalue weighted by Crippen LogP contribution is 2.45. The average Bonchev–Trinajstić information content (AvgIpc) is 3.30. The summed E-state index contributed by atoms with van der Waals surface area (Å²) < 4.78 is 5.27. The van der Waals surface area contributed by atoms with Crippen molar-refractivity contribution in [2.45, 2.75) is 0 Å². The topological polar surface area (TPSA) is 144 Å². The first-order valence-electron chi connectivity index (χ1n) is 12.8. The van der Waals surface area contributed by atoms with E-state index >= 15 is 0 Å². The number of ether oxygens (including phenoxy) is 1. The molecule has 1 heterocycles. The SMILES string of the molecule is O=C(CN(C(=O)c1ccc(Cl)cc1Cl)N1C(=O)c2c(Cl)c(Cl)c(Cl)c(Cl)c2C1=O)c1ccc(OC(=O)c2ccc([N+](=O)[O-])cc2)cc1. The molecule has 5 rings (SSSR count). The van der Waals surface area contributed by atoms with Gasteiger partial charge in [-0.15, -0.1) is 0 Å². The van der Waals surface area contributed by atoms with Gasteiger partial charge in [0, 0.05) is 22.7 Å². The second kappa shape index (κ2) is 13.5. The van der Waals surface area contributed by atoms with Crippen LogP contribution in [-0.2, 0) is 0 Å². The Morgan fingerprint density at radius 3 is 1.79 bits per heavy atom. The number of hydrazine groups is 1. The third kappa shape index (κ3) is 6.51. The molecule has 17 heteroatoms. The number of nitrogens with zero attached hydrogens (tertiary/aromatic N) is 3. The van der Waals surface area contributed by atoms with Gasteiger partial charge < -0.3 is 4.74 Å². The molecular weight excluding hydrogens is 743 g/mol. The summed E-state index contributed by atoms with van der Waals surface area (Å²) in [4.78, 5) is 77.3. The van der Waals surface area contributed by atoms with E-state index in [4.69, 9.17) is 74.3 Å². The molecule has 0 spiro atoms. The van der Waals surface area contributed by atoms with Gasteiger partial charge in [-0.2, -0.15) is 5.01 Å². The summed E-state index contributed by atoms with van der Waals surface area (Å²) in [6, 6.07) is 13.7. The lowest BCUT2D eigenvalue weighted by molar-refractivity contribution is -0.384. The Kier molecular flexibility index (Phi) is 9.78. The Hall–Kier alpha value is -4.23. The number of carbonyl (C=O) groups is 5. The van der Waals surface area contributed by atoms with Crippen molar-refractivity contribution in [2.75, 3.05) is 6.54 Å². The largest absolute Gasteiger partial charge is 0.423 e. The highest BCUT2D eigenvalue weighted by Gasteiger charge is 2.46. The number of amides is 3. The monoisotopic (exact) mass is 753 g/mol. The van der Waals surface area contributed by atoms with E-state index < -0.39 is 52.1 Å². The minimum absolute atomic E-state index is 0.0149. The minimum Gasteiger partial charge on any atom is -0.423 e. The molecule has 47 heavy (non-hydrogen) atoms. The van der Waals surface area contributed by atoms with Crippen LogP contribution in [0.15, 0.2) is 66.7 Å². The zero-order chi connectivity index (χ0) is 34.3. The van der Waals surface area contributed by atoms with Gasteiger partial charge in [0.2, 0.25) is 0 Å². The molecule has 0 aliphatic carbocycles. The van der Waals surface area contributed by atoms with Crippen LogP contribution in [0.2, 0.25) is 30.1 Å². The Balaban J connectivity index is 1.44. The van der Waals surface area contributed by atoms with E-state index in [2.05, 4.69) is 0 Å². The van der Waals surface area contributed by atoms with Crippen molar-refractivity contribution >= 4 is 105 Å². The lowest BCUT2D eigenvalue weighted by Gasteiger charge is -2.29. The molecule has 0 bridgehead atoms. The van der Waals surface area contributed by atoms with Gasteiger partial charge in [0.1, 0.15) is 12.3 Å². The maximum absolute atomic E-state index is 13.8. The molecule has 3 amide bonds. The third-order valence-electron chi connectivity index (χ3n) is 6.71. The van der Waals surface area contributed by atoms with Gasteiger partial charge in [-0.05, 0) is 54.6 Å². The number of imide groups is 1. The fourth-order valence-corrected chi connectivity index (χ4v) is 5.92. The van der Waals surface area contributed by atoms with E-state index in [9.17, 15) is 34.1 Å². The van der Waals surface area contributed by atoms with Crippen molar-refractivity contribution < 1.29 is 33.6 Å². The number of carbonyl (C=O) groups excluding carboxylic acids is 5. The van der Waals surface area contributed by atoms with E-state index in [0.717, 1.165) is 12.1 Å². The fraction of sp³-hybridized carbons (Fsp3) is 0.0333. The molecule has 4 aromatic rings. The molecular formula is C30H13Cl6N3O8. The van der Waals surface area contributed by atoms with Crippen molar-refractivity contribution in [3.05, 3.63) is 135 Å². The van der Waals surface area contributed by atoms with Crippen molar-refractivity contribution in [3.63, 3.8) is 0 Å². The second-order valence-corrected chi connectivity index (χ2v) is 11.9. The first-order valence-corrected chi connectivity index (χ1v) is 15.1. The smallest absolute Gasteiger partial charge is 0.343 e. The minimum atomic E-state index is -1.12. The predicted molar refractivity (Wildman–Crippen MR) is 173 cm³/mol.